The third-order valence-electron chi connectivity index (χ3n) is 2.61. The predicted molar refractivity (Wildman–Crippen MR) is 65.2 cm³/mol. The topological polar surface area (TPSA) is 104 Å². The van der Waals surface area contributed by atoms with Gasteiger partial charge in [0.2, 0.25) is 11.5 Å². The van der Waals surface area contributed by atoms with Crippen molar-refractivity contribution in [1.29, 1.82) is 0 Å². The molecule has 3 rings (SSSR count). The second-order valence-electron chi connectivity index (χ2n) is 3.99. The number of nitrogen functional groups attached to an aromatic ring is 1. The number of imidazole rings is 1. The Morgan fingerprint density at radius 1 is 1.22 bits per heavy atom. The van der Waals surface area contributed by atoms with Gasteiger partial charge >= 0.3 is 5.95 Å². The summed E-state index contributed by atoms with van der Waals surface area (Å²) in [5.41, 5.74) is 6.89. The van der Waals surface area contributed by atoms with E-state index in [0.29, 0.717) is 17.1 Å². The van der Waals surface area contributed by atoms with E-state index >= 15 is 0 Å². The lowest BCUT2D eigenvalue weighted by molar-refractivity contribution is -0.603. The molecule has 3 heterocycles. The molecule has 0 spiro atoms. The molecule has 0 atom stereocenters. The van der Waals surface area contributed by atoms with Gasteiger partial charge in [-0.1, -0.05) is 0 Å². The van der Waals surface area contributed by atoms with Crippen molar-refractivity contribution in [3.63, 3.8) is 0 Å². The van der Waals surface area contributed by atoms with E-state index in [-0.39, 0.29) is 11.5 Å². The van der Waals surface area contributed by atoms with E-state index in [4.69, 9.17) is 5.73 Å². The van der Waals surface area contributed by atoms with Crippen molar-refractivity contribution in [2.24, 2.45) is 0 Å². The van der Waals surface area contributed by atoms with Crippen molar-refractivity contribution >= 4 is 17.1 Å². The van der Waals surface area contributed by atoms with Crippen molar-refractivity contribution in [2.45, 2.75) is 6.92 Å². The molecule has 18 heavy (non-hydrogen) atoms. The third-order valence-corrected chi connectivity index (χ3v) is 2.61. The zero-order valence-electron chi connectivity index (χ0n) is 9.64. The van der Waals surface area contributed by atoms with Crippen molar-refractivity contribution in [1.82, 2.24) is 19.9 Å². The third kappa shape index (κ3) is 1.61. The molecule has 3 aromatic rings. The van der Waals surface area contributed by atoms with Crippen molar-refractivity contribution in [2.75, 3.05) is 5.73 Å². The highest BCUT2D eigenvalue weighted by Gasteiger charge is 2.17. The molecule has 0 unspecified atom stereocenters. The monoisotopic (exact) mass is 243 g/mol. The highest BCUT2D eigenvalue weighted by atomic mass is 16.1. The molecule has 0 radical (unpaired) electrons. The molecule has 0 aromatic carbocycles. The molecule has 3 aromatic heterocycles. The van der Waals surface area contributed by atoms with Gasteiger partial charge in [-0.25, -0.2) is 9.55 Å². The molecule has 0 aliphatic rings. The van der Waals surface area contributed by atoms with Crippen LogP contribution in [-0.2, 0) is 0 Å². The van der Waals surface area contributed by atoms with Crippen LogP contribution in [0.3, 0.4) is 0 Å². The molecule has 7 heteroatoms. The highest BCUT2D eigenvalue weighted by Crippen LogP contribution is 2.04. The van der Waals surface area contributed by atoms with E-state index in [1.54, 1.807) is 4.57 Å². The molecule has 0 bridgehead atoms. The zero-order chi connectivity index (χ0) is 12.7. The van der Waals surface area contributed by atoms with Gasteiger partial charge in [-0.2, -0.15) is 4.98 Å². The lowest BCUT2D eigenvalue weighted by Gasteiger charge is -1.93. The first kappa shape index (κ1) is 10.5. The number of fused-ring (bicyclic) bond motifs is 1. The fraction of sp³-hybridized carbons (Fsp3) is 0.0909. The van der Waals surface area contributed by atoms with Crippen LogP contribution >= 0.6 is 0 Å². The number of hydrogen-bond donors (Lipinski definition) is 3. The lowest BCUT2D eigenvalue weighted by atomic mass is 10.3. The summed E-state index contributed by atoms with van der Waals surface area (Å²) >= 11 is 0. The minimum Gasteiger partial charge on any atom is -0.369 e. The Kier molecular flexibility index (Phi) is 2.12. The van der Waals surface area contributed by atoms with Gasteiger partial charge in [0.15, 0.2) is 0 Å². The number of aromatic amines is 2. The number of nitrogens with one attached hydrogen (secondary N) is 2. The average molecular weight is 243 g/mol. The number of pyridine rings is 1. The maximum atomic E-state index is 11.6. The molecule has 0 aliphatic heterocycles. The quantitative estimate of drug-likeness (QED) is 0.515. The van der Waals surface area contributed by atoms with Gasteiger partial charge in [-0.05, 0) is 29.6 Å². The van der Waals surface area contributed by atoms with Gasteiger partial charge in [0, 0.05) is 0 Å². The summed E-state index contributed by atoms with van der Waals surface area (Å²) < 4.78 is 1.77. The van der Waals surface area contributed by atoms with E-state index in [9.17, 15) is 4.79 Å². The minimum absolute atomic E-state index is 0.0551. The van der Waals surface area contributed by atoms with E-state index in [1.807, 2.05) is 31.5 Å². The highest BCUT2D eigenvalue weighted by molar-refractivity contribution is 5.70. The molecule has 0 fully saturated rings. The standard InChI is InChI=1S/C11H10N6O/c1-6-2-4-17(5-3-6)11-13-7-8(15-11)14-10(12)16-9(7)18/h2-5H,1H3,(H3-,12,13,14,15,16,18)/p+1. The summed E-state index contributed by atoms with van der Waals surface area (Å²) in [7, 11) is 0. The molecule has 0 aliphatic carbocycles. The van der Waals surface area contributed by atoms with Crippen molar-refractivity contribution in [3.8, 4) is 5.95 Å². The fourth-order valence-electron chi connectivity index (χ4n) is 1.68. The van der Waals surface area contributed by atoms with Gasteiger partial charge in [0.25, 0.3) is 11.2 Å². The van der Waals surface area contributed by atoms with Crippen molar-refractivity contribution in [3.05, 3.63) is 40.4 Å². The number of nitrogens with zero attached hydrogens (tertiary/aromatic N) is 3. The van der Waals surface area contributed by atoms with Crippen LogP contribution < -0.4 is 15.9 Å². The Bertz CT molecular complexity index is 770. The van der Waals surface area contributed by atoms with E-state index < -0.39 is 0 Å². The summed E-state index contributed by atoms with van der Waals surface area (Å²) in [5.74, 6) is 0.577. The molecule has 0 amide bonds. The van der Waals surface area contributed by atoms with Gasteiger partial charge in [0.1, 0.15) is 0 Å². The van der Waals surface area contributed by atoms with Crippen LogP contribution in [0.1, 0.15) is 5.56 Å². The van der Waals surface area contributed by atoms with Gasteiger partial charge in [-0.15, -0.1) is 0 Å². The van der Waals surface area contributed by atoms with Gasteiger partial charge in [0.05, 0.1) is 12.4 Å². The summed E-state index contributed by atoms with van der Waals surface area (Å²) in [5, 5.41) is 0. The first-order chi connectivity index (χ1) is 8.63. The normalized spacial score (nSPS) is 10.9. The van der Waals surface area contributed by atoms with Crippen LogP contribution in [0.5, 0.6) is 0 Å². The summed E-state index contributed by atoms with van der Waals surface area (Å²) in [6, 6.07) is 3.89. The van der Waals surface area contributed by atoms with Gasteiger partial charge < -0.3 is 5.73 Å². The minimum atomic E-state index is -0.330. The summed E-state index contributed by atoms with van der Waals surface area (Å²) in [4.78, 5) is 25.2. The van der Waals surface area contributed by atoms with E-state index in [1.165, 1.54) is 0 Å². The SMILES string of the molecule is Cc1cc[n+](-c2nc3nc(N)[nH]c(=O)c3[nH]2)cc1. The molecule has 0 saturated carbocycles. The Balaban J connectivity index is 2.22. The zero-order valence-corrected chi connectivity index (χ0v) is 9.64. The largest absolute Gasteiger partial charge is 0.403 e. The maximum absolute atomic E-state index is 11.6. The Morgan fingerprint density at radius 2 is 1.94 bits per heavy atom. The fourth-order valence-corrected chi connectivity index (χ4v) is 1.68. The second kappa shape index (κ2) is 3.66. The lowest BCUT2D eigenvalue weighted by Crippen LogP contribution is -2.31. The molecule has 0 saturated heterocycles. The maximum Gasteiger partial charge on any atom is 0.403 e. The number of aryl methyl sites for hydroxylation is 1. The molecule has 90 valence electrons. The van der Waals surface area contributed by atoms with Crippen LogP contribution in [-0.4, -0.2) is 19.9 Å². The van der Waals surface area contributed by atoms with Crippen LogP contribution in [0, 0.1) is 6.92 Å². The Labute approximate surface area is 101 Å². The molecular weight excluding hydrogens is 232 g/mol. The number of anilines is 1. The predicted octanol–water partition coefficient (Wildman–Crippen LogP) is -0.186. The second-order valence-corrected chi connectivity index (χ2v) is 3.99. The number of H-pyrrole nitrogens is 2. The van der Waals surface area contributed by atoms with Crippen molar-refractivity contribution < 1.29 is 4.57 Å². The Morgan fingerprint density at radius 3 is 2.67 bits per heavy atom. The smallest absolute Gasteiger partial charge is 0.369 e. The first-order valence-corrected chi connectivity index (χ1v) is 5.37. The average Bonchev–Trinajstić information content (AvgIpc) is 2.74. The summed E-state index contributed by atoms with van der Waals surface area (Å²) in [6.07, 6.45) is 3.70. The van der Waals surface area contributed by atoms with Crippen LogP contribution in [0.2, 0.25) is 0 Å². The number of nitrogens with two attached hydrogens (primary N) is 1. The summed E-state index contributed by atoms with van der Waals surface area (Å²) in [6.45, 7) is 2.00. The van der Waals surface area contributed by atoms with Crippen LogP contribution in [0.4, 0.5) is 5.95 Å². The number of aromatic nitrogens is 5. The van der Waals surface area contributed by atoms with E-state index in [0.717, 1.165) is 5.56 Å². The first-order valence-electron chi connectivity index (χ1n) is 5.37. The number of rotatable bonds is 1. The van der Waals surface area contributed by atoms with E-state index in [2.05, 4.69) is 19.9 Å². The Hall–Kier alpha value is -2.70. The van der Waals surface area contributed by atoms with Crippen LogP contribution in [0.15, 0.2) is 29.3 Å². The van der Waals surface area contributed by atoms with Gasteiger partial charge in [-0.3, -0.25) is 9.78 Å². The molecule has 4 N–H and O–H groups in total. The number of hydrogen-bond acceptors (Lipinski definition) is 4. The molecule has 7 nitrogen and oxygen atoms in total. The molecular formula is C11H11N6O+. The van der Waals surface area contributed by atoms with Crippen LogP contribution in [0.25, 0.3) is 17.1 Å².